The summed E-state index contributed by atoms with van der Waals surface area (Å²) in [6, 6.07) is -2.14. The first-order chi connectivity index (χ1) is 5.15. The van der Waals surface area contributed by atoms with Crippen LogP contribution in [0.15, 0.2) is 0 Å². The van der Waals surface area contributed by atoms with Crippen molar-refractivity contribution >= 4 is 11.9 Å². The molecule has 0 aliphatic carbocycles. The van der Waals surface area contributed by atoms with Crippen molar-refractivity contribution in [3.8, 4) is 0 Å². The van der Waals surface area contributed by atoms with E-state index in [-0.39, 0.29) is 0 Å². The van der Waals surface area contributed by atoms with Crippen LogP contribution in [-0.2, 0) is 4.79 Å². The predicted molar refractivity (Wildman–Crippen MR) is 31.6 cm³/mol. The summed E-state index contributed by atoms with van der Waals surface area (Å²) in [6.45, 7) is 0. The topological polar surface area (TPSA) is 107 Å². The summed E-state index contributed by atoms with van der Waals surface area (Å²) in [6.07, 6.45) is -1.46. The number of imide groups is 1. The van der Waals surface area contributed by atoms with Crippen LogP contribution < -0.4 is 10.6 Å². The van der Waals surface area contributed by atoms with Gasteiger partial charge in [0.15, 0.2) is 0 Å². The Morgan fingerprint density at radius 1 is 1.55 bits per heavy atom. The zero-order valence-electron chi connectivity index (χ0n) is 5.31. The van der Waals surface area contributed by atoms with Crippen molar-refractivity contribution in [2.75, 3.05) is 0 Å². The van der Waals surface area contributed by atoms with E-state index in [1.54, 1.807) is 0 Å². The van der Waals surface area contributed by atoms with Crippen molar-refractivity contribution < 1.29 is 14.7 Å². The van der Waals surface area contributed by atoms with Gasteiger partial charge >= 0.3 is 18.0 Å². The third-order valence-corrected chi connectivity index (χ3v) is 1.21. The van der Waals surface area contributed by atoms with Crippen LogP contribution >= 0.6 is 0 Å². The number of amides is 3. The fourth-order valence-electron chi connectivity index (χ4n) is 0.694. The van der Waals surface area contributed by atoms with Crippen LogP contribution in [0, 0.1) is 5.39 Å². The lowest BCUT2D eigenvalue weighted by Gasteiger charge is -2.15. The number of carbonyl (C=O) groups is 2. The molecule has 0 aromatic rings. The highest BCUT2D eigenvalue weighted by Crippen LogP contribution is 2.00. The standard InChI is InChI=1S/C4H4N4O3/c5-8-1-2(9)6-4(11)7-3(1)10/h1-2,9H,(H-,6,7,10,11)/p+1. The third kappa shape index (κ3) is 1.25. The van der Waals surface area contributed by atoms with E-state index in [2.05, 4.69) is 4.98 Å². The minimum atomic E-state index is -1.46. The van der Waals surface area contributed by atoms with Gasteiger partial charge in [-0.15, -0.1) is 0 Å². The Kier molecular flexibility index (Phi) is 1.70. The van der Waals surface area contributed by atoms with Crippen molar-refractivity contribution in [3.05, 3.63) is 4.98 Å². The van der Waals surface area contributed by atoms with Gasteiger partial charge in [-0.1, -0.05) is 0 Å². The summed E-state index contributed by atoms with van der Waals surface area (Å²) in [5, 5.41) is 20.8. The van der Waals surface area contributed by atoms with Crippen molar-refractivity contribution in [1.82, 2.24) is 10.6 Å². The maximum Gasteiger partial charge on any atom is 0.433 e. The fourth-order valence-corrected chi connectivity index (χ4v) is 0.694. The van der Waals surface area contributed by atoms with Crippen LogP contribution in [0.1, 0.15) is 0 Å². The van der Waals surface area contributed by atoms with E-state index < -0.39 is 24.2 Å². The summed E-state index contributed by atoms with van der Waals surface area (Å²) < 4.78 is 0. The van der Waals surface area contributed by atoms with Crippen LogP contribution in [0.4, 0.5) is 4.79 Å². The number of hydrogen-bond acceptors (Lipinski definition) is 4. The Morgan fingerprint density at radius 3 is 2.64 bits per heavy atom. The molecule has 1 fully saturated rings. The van der Waals surface area contributed by atoms with E-state index in [0.717, 1.165) is 0 Å². The molecule has 1 heterocycles. The van der Waals surface area contributed by atoms with Gasteiger partial charge in [0, 0.05) is 0 Å². The lowest BCUT2D eigenvalue weighted by atomic mass is 10.2. The Labute approximate surface area is 61.0 Å². The van der Waals surface area contributed by atoms with Crippen LogP contribution in [0.25, 0.3) is 4.98 Å². The molecule has 2 atom stereocenters. The lowest BCUT2D eigenvalue weighted by molar-refractivity contribution is -0.124. The second kappa shape index (κ2) is 2.51. The molecule has 2 unspecified atom stereocenters. The lowest BCUT2D eigenvalue weighted by Crippen LogP contribution is -2.59. The fraction of sp³-hybridized carbons (Fsp3) is 0.500. The largest absolute Gasteiger partial charge is 0.433 e. The first-order valence-corrected chi connectivity index (χ1v) is 2.79. The molecule has 11 heavy (non-hydrogen) atoms. The van der Waals surface area contributed by atoms with Crippen molar-refractivity contribution in [3.63, 3.8) is 0 Å². The number of urea groups is 1. The molecule has 0 saturated carbocycles. The zero-order chi connectivity index (χ0) is 8.43. The molecule has 0 bridgehead atoms. The Hall–Kier alpha value is -1.68. The molecule has 7 heteroatoms. The molecule has 0 spiro atoms. The van der Waals surface area contributed by atoms with E-state index >= 15 is 0 Å². The predicted octanol–water partition coefficient (Wildman–Crippen LogP) is -1.63. The second-order valence-corrected chi connectivity index (χ2v) is 1.97. The van der Waals surface area contributed by atoms with Gasteiger partial charge in [-0.2, -0.15) is 0 Å². The number of carbonyl (C=O) groups excluding carboxylic acids is 2. The molecule has 1 rings (SSSR count). The highest BCUT2D eigenvalue weighted by atomic mass is 16.3. The molecule has 1 aliphatic heterocycles. The van der Waals surface area contributed by atoms with Crippen molar-refractivity contribution in [2.45, 2.75) is 12.3 Å². The van der Waals surface area contributed by atoms with Gasteiger partial charge in [0.1, 0.15) is 4.98 Å². The number of aliphatic hydroxyl groups is 1. The molecule has 3 amide bonds. The maximum atomic E-state index is 10.7. The van der Waals surface area contributed by atoms with Crippen LogP contribution in [0.2, 0.25) is 0 Å². The monoisotopic (exact) mass is 157 g/mol. The summed E-state index contributed by atoms with van der Waals surface area (Å²) in [5.41, 5.74) is 0. The smallest absolute Gasteiger partial charge is 0.366 e. The highest BCUT2D eigenvalue weighted by Gasteiger charge is 2.44. The number of aliphatic hydroxyl groups excluding tert-OH is 1. The van der Waals surface area contributed by atoms with Gasteiger partial charge in [0.2, 0.25) is 11.6 Å². The first-order valence-electron chi connectivity index (χ1n) is 2.79. The molecule has 58 valence electrons. The van der Waals surface area contributed by atoms with Crippen LogP contribution in [0.3, 0.4) is 0 Å². The number of nitrogens with one attached hydrogen (secondary N) is 2. The zero-order valence-corrected chi connectivity index (χ0v) is 5.31. The third-order valence-electron chi connectivity index (χ3n) is 1.21. The molecule has 0 radical (unpaired) electrons. The molecule has 0 aromatic carbocycles. The molecule has 7 nitrogen and oxygen atoms in total. The minimum Gasteiger partial charge on any atom is -0.366 e. The maximum absolute atomic E-state index is 10.7. The Balaban J connectivity index is 2.76. The molecule has 1 aliphatic rings. The number of nitrogens with zero attached hydrogens (tertiary/aromatic N) is 2. The van der Waals surface area contributed by atoms with Gasteiger partial charge in [-0.05, 0) is 0 Å². The van der Waals surface area contributed by atoms with E-state index in [0.29, 0.717) is 0 Å². The van der Waals surface area contributed by atoms with E-state index in [1.807, 2.05) is 10.6 Å². The number of hydrogen-bond donors (Lipinski definition) is 3. The van der Waals surface area contributed by atoms with E-state index in [1.165, 1.54) is 0 Å². The van der Waals surface area contributed by atoms with Gasteiger partial charge < -0.3 is 10.4 Å². The molecule has 3 N–H and O–H groups in total. The molecular weight excluding hydrogens is 152 g/mol. The van der Waals surface area contributed by atoms with Gasteiger partial charge in [0.25, 0.3) is 0 Å². The van der Waals surface area contributed by atoms with E-state index in [4.69, 9.17) is 10.5 Å². The van der Waals surface area contributed by atoms with Crippen molar-refractivity contribution in [1.29, 1.82) is 5.39 Å². The minimum absolute atomic E-state index is 0.803. The van der Waals surface area contributed by atoms with E-state index in [9.17, 15) is 9.59 Å². The van der Waals surface area contributed by atoms with Crippen LogP contribution in [0.5, 0.6) is 0 Å². The molecule has 1 saturated heterocycles. The summed E-state index contributed by atoms with van der Waals surface area (Å²) >= 11 is 0. The summed E-state index contributed by atoms with van der Waals surface area (Å²) in [7, 11) is 0. The van der Waals surface area contributed by atoms with Gasteiger partial charge in [-0.25, -0.2) is 4.79 Å². The van der Waals surface area contributed by atoms with Crippen molar-refractivity contribution in [2.24, 2.45) is 0 Å². The SMILES string of the molecule is N#[N+]C1C(=O)NC(=O)NC1O. The molecule has 0 aromatic heterocycles. The van der Waals surface area contributed by atoms with Crippen LogP contribution in [-0.4, -0.2) is 29.3 Å². The summed E-state index contributed by atoms with van der Waals surface area (Å²) in [5.74, 6) is -0.830. The summed E-state index contributed by atoms with van der Waals surface area (Å²) in [4.78, 5) is 23.6. The second-order valence-electron chi connectivity index (χ2n) is 1.97. The molecular formula is C4H5N4O3+. The quantitative estimate of drug-likeness (QED) is 0.367. The number of rotatable bonds is 0. The Bertz CT molecular complexity index is 244. The Morgan fingerprint density at radius 2 is 2.18 bits per heavy atom. The number of diazo groups is 1. The first kappa shape index (κ1) is 7.43. The normalized spacial score (nSPS) is 30.2. The average Bonchev–Trinajstić information content (AvgIpc) is 1.85. The highest BCUT2D eigenvalue weighted by molar-refractivity contribution is 6.00. The van der Waals surface area contributed by atoms with Gasteiger partial charge in [0.05, 0.1) is 0 Å². The van der Waals surface area contributed by atoms with Gasteiger partial charge in [-0.3, -0.25) is 10.1 Å². The average molecular weight is 157 g/mol.